The number of fused-ring (bicyclic) bond motifs is 1. The average molecular weight is 388 g/mol. The molecule has 3 atom stereocenters. The van der Waals surface area contributed by atoms with E-state index in [-0.39, 0.29) is 11.8 Å². The van der Waals surface area contributed by atoms with Crippen molar-refractivity contribution in [3.63, 3.8) is 0 Å². The number of nitrogens with one attached hydrogen (secondary N) is 2. The normalized spacial score (nSPS) is 29.5. The predicted molar refractivity (Wildman–Crippen MR) is 109 cm³/mol. The smallest absolute Gasteiger partial charge is 0.223 e. The summed E-state index contributed by atoms with van der Waals surface area (Å²) in [6, 6.07) is 8.06. The number of aromatic nitrogens is 2. The Morgan fingerprint density at radius 1 is 1.19 bits per heavy atom. The highest BCUT2D eigenvalue weighted by molar-refractivity contribution is 8.21. The molecule has 4 nitrogen and oxygen atoms in total. The maximum atomic E-state index is 12.7. The highest BCUT2D eigenvalue weighted by Crippen LogP contribution is 2.65. The van der Waals surface area contributed by atoms with Crippen molar-refractivity contribution in [1.82, 2.24) is 15.3 Å². The molecule has 3 aliphatic rings. The quantitative estimate of drug-likeness (QED) is 0.837. The standard InChI is InChI=1S/C20H25N3OS2/c24-19(21-8-7-18-22-16-3-1-2-4-17(16)23-18)13-11-14-5-6-15(12-13)20(14)25-9-10-26-20/h1-4,13-15H,5-12H2,(H,21,24)(H,22,23)/t13?,14-,15+. The Bertz CT molecular complexity index is 765. The molecule has 2 aliphatic carbocycles. The lowest BCUT2D eigenvalue weighted by Crippen LogP contribution is -2.43. The second kappa shape index (κ2) is 6.79. The van der Waals surface area contributed by atoms with E-state index in [9.17, 15) is 4.79 Å². The lowest BCUT2D eigenvalue weighted by atomic mass is 9.79. The van der Waals surface area contributed by atoms with Crippen molar-refractivity contribution in [2.45, 2.75) is 36.2 Å². The fourth-order valence-electron chi connectivity index (χ4n) is 5.19. The van der Waals surface area contributed by atoms with Gasteiger partial charge in [-0.1, -0.05) is 12.1 Å². The third kappa shape index (κ3) is 2.85. The molecule has 1 aliphatic heterocycles. The van der Waals surface area contributed by atoms with Gasteiger partial charge in [0.15, 0.2) is 0 Å². The van der Waals surface area contributed by atoms with Crippen LogP contribution in [0.25, 0.3) is 11.0 Å². The summed E-state index contributed by atoms with van der Waals surface area (Å²) in [4.78, 5) is 20.7. The van der Waals surface area contributed by atoms with Crippen LogP contribution in [0.15, 0.2) is 24.3 Å². The van der Waals surface area contributed by atoms with Crippen molar-refractivity contribution < 1.29 is 4.79 Å². The van der Waals surface area contributed by atoms with Crippen LogP contribution in [0.2, 0.25) is 0 Å². The molecular formula is C20H25N3OS2. The van der Waals surface area contributed by atoms with Crippen LogP contribution < -0.4 is 5.32 Å². The van der Waals surface area contributed by atoms with E-state index >= 15 is 0 Å². The molecule has 138 valence electrons. The number of amides is 1. The van der Waals surface area contributed by atoms with E-state index in [1.807, 2.05) is 24.3 Å². The summed E-state index contributed by atoms with van der Waals surface area (Å²) >= 11 is 4.39. The van der Waals surface area contributed by atoms with E-state index < -0.39 is 0 Å². The molecule has 1 saturated heterocycles. The minimum Gasteiger partial charge on any atom is -0.355 e. The Kier molecular flexibility index (Phi) is 4.44. The summed E-state index contributed by atoms with van der Waals surface area (Å²) in [7, 11) is 0. The van der Waals surface area contributed by atoms with Gasteiger partial charge in [0.25, 0.3) is 0 Å². The van der Waals surface area contributed by atoms with Gasteiger partial charge in [0.2, 0.25) is 5.91 Å². The summed E-state index contributed by atoms with van der Waals surface area (Å²) in [5.74, 6) is 5.51. The van der Waals surface area contributed by atoms with Gasteiger partial charge in [0.1, 0.15) is 5.82 Å². The van der Waals surface area contributed by atoms with E-state index in [1.165, 1.54) is 24.3 Å². The van der Waals surface area contributed by atoms with Gasteiger partial charge >= 0.3 is 0 Å². The molecule has 2 bridgehead atoms. The Morgan fingerprint density at radius 2 is 1.92 bits per heavy atom. The Morgan fingerprint density at radius 3 is 2.65 bits per heavy atom. The number of hydrogen-bond acceptors (Lipinski definition) is 4. The highest BCUT2D eigenvalue weighted by atomic mass is 32.2. The van der Waals surface area contributed by atoms with E-state index in [1.54, 1.807) is 0 Å². The van der Waals surface area contributed by atoms with Gasteiger partial charge in [-0.05, 0) is 49.7 Å². The monoisotopic (exact) mass is 387 g/mol. The maximum absolute atomic E-state index is 12.7. The lowest BCUT2D eigenvalue weighted by Gasteiger charge is -2.42. The second-order valence-electron chi connectivity index (χ2n) is 7.80. The van der Waals surface area contributed by atoms with Crippen LogP contribution in [0.5, 0.6) is 0 Å². The second-order valence-corrected chi connectivity index (χ2v) is 10.8. The van der Waals surface area contributed by atoms with Crippen molar-refractivity contribution in [3.8, 4) is 0 Å². The van der Waals surface area contributed by atoms with Crippen LogP contribution in [0, 0.1) is 17.8 Å². The van der Waals surface area contributed by atoms with E-state index in [0.717, 1.165) is 48.0 Å². The van der Waals surface area contributed by atoms with Gasteiger partial charge in [-0.25, -0.2) is 4.98 Å². The Balaban J connectivity index is 1.17. The van der Waals surface area contributed by atoms with Crippen LogP contribution in [0.1, 0.15) is 31.5 Å². The van der Waals surface area contributed by atoms with Crippen molar-refractivity contribution in [2.24, 2.45) is 17.8 Å². The SMILES string of the molecule is O=C(NCCc1nc2ccccc2[nH]1)C1C[C@H]2CC[C@@H](C1)C21SCCS1. The van der Waals surface area contributed by atoms with Crippen LogP contribution in [-0.4, -0.2) is 38.0 Å². The molecule has 2 saturated carbocycles. The number of hydrogen-bond donors (Lipinski definition) is 2. The number of nitrogens with zero attached hydrogens (tertiary/aromatic N) is 1. The fraction of sp³-hybridized carbons (Fsp3) is 0.600. The Hall–Kier alpha value is -1.14. The van der Waals surface area contributed by atoms with Gasteiger partial charge in [0.05, 0.1) is 15.1 Å². The number of thioether (sulfide) groups is 2. The van der Waals surface area contributed by atoms with Crippen LogP contribution in [0.4, 0.5) is 0 Å². The Labute approximate surface area is 162 Å². The molecule has 0 radical (unpaired) electrons. The number of carbonyl (C=O) groups excluding carboxylic acids is 1. The van der Waals surface area contributed by atoms with Crippen LogP contribution >= 0.6 is 23.5 Å². The average Bonchev–Trinajstić information content (AvgIpc) is 3.32. The topological polar surface area (TPSA) is 57.8 Å². The van der Waals surface area contributed by atoms with Gasteiger partial charge in [0, 0.05) is 30.4 Å². The summed E-state index contributed by atoms with van der Waals surface area (Å²) in [6.45, 7) is 0.666. The largest absolute Gasteiger partial charge is 0.355 e. The minimum absolute atomic E-state index is 0.218. The predicted octanol–water partition coefficient (Wildman–Crippen LogP) is 3.83. The summed E-state index contributed by atoms with van der Waals surface area (Å²) in [5.41, 5.74) is 2.06. The number of carbonyl (C=O) groups is 1. The van der Waals surface area contributed by atoms with Crippen molar-refractivity contribution in [3.05, 3.63) is 30.1 Å². The molecule has 6 heteroatoms. The molecule has 1 amide bonds. The number of para-hydroxylation sites is 2. The van der Waals surface area contributed by atoms with E-state index in [2.05, 4.69) is 38.8 Å². The zero-order chi connectivity index (χ0) is 17.6. The summed E-state index contributed by atoms with van der Waals surface area (Å²) < 4.78 is 0.463. The molecular weight excluding hydrogens is 362 g/mol. The van der Waals surface area contributed by atoms with Crippen LogP contribution in [0.3, 0.4) is 0 Å². The highest BCUT2D eigenvalue weighted by Gasteiger charge is 2.57. The first-order valence-electron chi connectivity index (χ1n) is 9.74. The third-order valence-corrected chi connectivity index (χ3v) is 10.4. The molecule has 2 N–H and O–H groups in total. The molecule has 1 aromatic heterocycles. The lowest BCUT2D eigenvalue weighted by molar-refractivity contribution is -0.126. The summed E-state index contributed by atoms with van der Waals surface area (Å²) in [5, 5.41) is 3.18. The maximum Gasteiger partial charge on any atom is 0.223 e. The summed E-state index contributed by atoms with van der Waals surface area (Å²) in [6.07, 6.45) is 5.59. The number of rotatable bonds is 4. The third-order valence-electron chi connectivity index (χ3n) is 6.35. The molecule has 3 fully saturated rings. The molecule has 5 rings (SSSR count). The number of benzene rings is 1. The number of imidazole rings is 1. The van der Waals surface area contributed by atoms with E-state index in [4.69, 9.17) is 0 Å². The minimum atomic E-state index is 0.218. The first-order valence-corrected chi connectivity index (χ1v) is 11.7. The van der Waals surface area contributed by atoms with Gasteiger partial charge in [-0.2, -0.15) is 0 Å². The van der Waals surface area contributed by atoms with Crippen molar-refractivity contribution >= 4 is 40.5 Å². The zero-order valence-corrected chi connectivity index (χ0v) is 16.5. The van der Waals surface area contributed by atoms with E-state index in [0.29, 0.717) is 10.6 Å². The number of aromatic amines is 1. The van der Waals surface area contributed by atoms with Crippen molar-refractivity contribution in [2.75, 3.05) is 18.1 Å². The van der Waals surface area contributed by atoms with Gasteiger partial charge in [-0.15, -0.1) is 23.5 Å². The first-order chi connectivity index (χ1) is 12.7. The van der Waals surface area contributed by atoms with Crippen molar-refractivity contribution in [1.29, 1.82) is 0 Å². The molecule has 1 unspecified atom stereocenters. The molecule has 26 heavy (non-hydrogen) atoms. The van der Waals surface area contributed by atoms with Gasteiger partial charge in [-0.3, -0.25) is 4.79 Å². The zero-order valence-electron chi connectivity index (χ0n) is 14.9. The molecule has 2 aromatic rings. The molecule has 2 heterocycles. The number of H-pyrrole nitrogens is 1. The molecule has 1 spiro atoms. The first kappa shape index (κ1) is 17.0. The van der Waals surface area contributed by atoms with Crippen LogP contribution in [-0.2, 0) is 11.2 Å². The fourth-order valence-corrected chi connectivity index (χ4v) is 9.12. The van der Waals surface area contributed by atoms with Gasteiger partial charge < -0.3 is 10.3 Å². The molecule has 1 aromatic carbocycles.